The lowest BCUT2D eigenvalue weighted by Gasteiger charge is -2.13. The van der Waals surface area contributed by atoms with Crippen molar-refractivity contribution in [2.75, 3.05) is 7.11 Å². The second kappa shape index (κ2) is 4.50. The van der Waals surface area contributed by atoms with E-state index in [1.54, 1.807) is 11.7 Å². The summed E-state index contributed by atoms with van der Waals surface area (Å²) in [6.45, 7) is 0. The van der Waals surface area contributed by atoms with Gasteiger partial charge in [-0.3, -0.25) is 9.67 Å². The number of hydrogen-bond donors (Lipinski definition) is 1. The molecule has 90 valence electrons. The van der Waals surface area contributed by atoms with E-state index in [-0.39, 0.29) is 5.69 Å². The maximum Gasteiger partial charge on any atom is 0.161 e. The monoisotopic (exact) mass is 236 g/mol. The standard InChI is InChI=1S/C11H13FN4O/c1-16-11(8(17-2)6-15-16)9(13)10-7(12)4-3-5-14-10/h3-6,9H,13H2,1-2H3. The molecule has 0 spiro atoms. The van der Waals surface area contributed by atoms with Crippen molar-refractivity contribution in [1.82, 2.24) is 14.8 Å². The van der Waals surface area contributed by atoms with E-state index in [1.807, 2.05) is 0 Å². The second-order valence-electron chi connectivity index (χ2n) is 3.57. The van der Waals surface area contributed by atoms with E-state index in [0.717, 1.165) is 0 Å². The van der Waals surface area contributed by atoms with Crippen molar-refractivity contribution >= 4 is 0 Å². The van der Waals surface area contributed by atoms with Crippen molar-refractivity contribution in [3.8, 4) is 5.75 Å². The summed E-state index contributed by atoms with van der Waals surface area (Å²) in [7, 11) is 3.24. The molecule has 2 aromatic heterocycles. The van der Waals surface area contributed by atoms with Crippen LogP contribution in [0.25, 0.3) is 0 Å². The molecular formula is C11H13FN4O. The van der Waals surface area contributed by atoms with Gasteiger partial charge in [-0.2, -0.15) is 5.10 Å². The maximum absolute atomic E-state index is 13.6. The first-order valence-corrected chi connectivity index (χ1v) is 5.07. The van der Waals surface area contributed by atoms with Gasteiger partial charge >= 0.3 is 0 Å². The molecule has 0 bridgehead atoms. The Morgan fingerprint density at radius 3 is 2.94 bits per heavy atom. The minimum absolute atomic E-state index is 0.175. The number of ether oxygens (including phenoxy) is 1. The Kier molecular flexibility index (Phi) is 3.06. The van der Waals surface area contributed by atoms with E-state index in [9.17, 15) is 4.39 Å². The molecule has 0 saturated carbocycles. The van der Waals surface area contributed by atoms with E-state index in [2.05, 4.69) is 10.1 Å². The van der Waals surface area contributed by atoms with E-state index in [4.69, 9.17) is 10.5 Å². The van der Waals surface area contributed by atoms with Gasteiger partial charge in [0.2, 0.25) is 0 Å². The molecule has 2 aromatic rings. The second-order valence-corrected chi connectivity index (χ2v) is 3.57. The van der Waals surface area contributed by atoms with Gasteiger partial charge in [-0.1, -0.05) is 0 Å². The number of nitrogens with zero attached hydrogens (tertiary/aromatic N) is 3. The van der Waals surface area contributed by atoms with Gasteiger partial charge in [0.1, 0.15) is 11.5 Å². The number of aryl methyl sites for hydroxylation is 1. The van der Waals surface area contributed by atoms with Crippen LogP contribution in [0.4, 0.5) is 4.39 Å². The van der Waals surface area contributed by atoms with Crippen LogP contribution in [0.2, 0.25) is 0 Å². The van der Waals surface area contributed by atoms with Gasteiger partial charge in [-0.15, -0.1) is 0 Å². The number of halogens is 1. The highest BCUT2D eigenvalue weighted by molar-refractivity contribution is 5.33. The number of pyridine rings is 1. The third-order valence-corrected chi connectivity index (χ3v) is 2.55. The summed E-state index contributed by atoms with van der Waals surface area (Å²) in [5.74, 6) is 0.0771. The molecule has 17 heavy (non-hydrogen) atoms. The molecule has 5 nitrogen and oxygen atoms in total. The first-order valence-electron chi connectivity index (χ1n) is 5.07. The minimum Gasteiger partial charge on any atom is -0.493 e. The average molecular weight is 236 g/mol. The van der Waals surface area contributed by atoms with E-state index in [0.29, 0.717) is 11.4 Å². The first-order chi connectivity index (χ1) is 8.15. The zero-order valence-electron chi connectivity index (χ0n) is 9.59. The van der Waals surface area contributed by atoms with Gasteiger partial charge < -0.3 is 10.5 Å². The van der Waals surface area contributed by atoms with Gasteiger partial charge in [0, 0.05) is 13.2 Å². The molecule has 0 radical (unpaired) electrons. The summed E-state index contributed by atoms with van der Waals surface area (Å²) in [5, 5.41) is 4.03. The normalized spacial score (nSPS) is 12.5. The summed E-state index contributed by atoms with van der Waals surface area (Å²) in [6, 6.07) is 2.13. The van der Waals surface area contributed by atoms with Crippen LogP contribution < -0.4 is 10.5 Å². The highest BCUT2D eigenvalue weighted by Crippen LogP contribution is 2.27. The number of nitrogens with two attached hydrogens (primary N) is 1. The summed E-state index contributed by atoms with van der Waals surface area (Å²) < 4.78 is 20.3. The van der Waals surface area contributed by atoms with Crippen LogP contribution in [0, 0.1) is 5.82 Å². The molecule has 2 heterocycles. The van der Waals surface area contributed by atoms with Gasteiger partial charge in [-0.25, -0.2) is 4.39 Å². The van der Waals surface area contributed by atoms with Crippen LogP contribution in [-0.4, -0.2) is 21.9 Å². The van der Waals surface area contributed by atoms with Crippen molar-refractivity contribution in [3.63, 3.8) is 0 Å². The van der Waals surface area contributed by atoms with Crippen LogP contribution in [0.1, 0.15) is 17.4 Å². The SMILES string of the molecule is COc1cnn(C)c1C(N)c1ncccc1F. The lowest BCUT2D eigenvalue weighted by atomic mass is 10.1. The zero-order valence-corrected chi connectivity index (χ0v) is 9.59. The molecule has 0 fully saturated rings. The molecule has 1 unspecified atom stereocenters. The number of aromatic nitrogens is 3. The Hall–Kier alpha value is -1.95. The van der Waals surface area contributed by atoms with E-state index in [1.165, 1.54) is 31.6 Å². The predicted octanol–water partition coefficient (Wildman–Crippen LogP) is 1.01. The molecule has 0 aliphatic heterocycles. The van der Waals surface area contributed by atoms with Crippen LogP contribution >= 0.6 is 0 Å². The van der Waals surface area contributed by atoms with Gasteiger partial charge in [-0.05, 0) is 12.1 Å². The Balaban J connectivity index is 2.47. The Labute approximate surface area is 98.0 Å². The smallest absolute Gasteiger partial charge is 0.161 e. The van der Waals surface area contributed by atoms with Crippen LogP contribution in [0.3, 0.4) is 0 Å². The third-order valence-electron chi connectivity index (χ3n) is 2.55. The molecular weight excluding hydrogens is 223 g/mol. The molecule has 2 rings (SSSR count). The molecule has 0 aliphatic rings. The summed E-state index contributed by atoms with van der Waals surface area (Å²) in [5.41, 5.74) is 6.76. The fourth-order valence-corrected chi connectivity index (χ4v) is 1.69. The highest BCUT2D eigenvalue weighted by Gasteiger charge is 2.22. The van der Waals surface area contributed by atoms with Crippen molar-refractivity contribution < 1.29 is 9.13 Å². The topological polar surface area (TPSA) is 66.0 Å². The number of methoxy groups -OCH3 is 1. The Morgan fingerprint density at radius 2 is 2.29 bits per heavy atom. The average Bonchev–Trinajstić information content (AvgIpc) is 2.70. The summed E-state index contributed by atoms with van der Waals surface area (Å²) >= 11 is 0. The van der Waals surface area contributed by atoms with Gasteiger partial charge in [0.05, 0.1) is 25.0 Å². The zero-order chi connectivity index (χ0) is 12.4. The molecule has 6 heteroatoms. The quantitative estimate of drug-likeness (QED) is 0.863. The first kappa shape index (κ1) is 11.5. The molecule has 0 aromatic carbocycles. The van der Waals surface area contributed by atoms with Crippen LogP contribution in [0.15, 0.2) is 24.5 Å². The minimum atomic E-state index is -0.710. The van der Waals surface area contributed by atoms with Crippen LogP contribution in [0.5, 0.6) is 5.75 Å². The fraction of sp³-hybridized carbons (Fsp3) is 0.273. The number of rotatable bonds is 3. The Morgan fingerprint density at radius 1 is 1.53 bits per heavy atom. The van der Waals surface area contributed by atoms with Crippen molar-refractivity contribution in [2.45, 2.75) is 6.04 Å². The fourth-order valence-electron chi connectivity index (χ4n) is 1.69. The Bertz CT molecular complexity index is 526. The maximum atomic E-state index is 13.6. The number of hydrogen-bond acceptors (Lipinski definition) is 4. The summed E-state index contributed by atoms with van der Waals surface area (Å²) in [4.78, 5) is 3.95. The third kappa shape index (κ3) is 1.99. The predicted molar refractivity (Wildman–Crippen MR) is 60.0 cm³/mol. The van der Waals surface area contributed by atoms with Crippen LogP contribution in [-0.2, 0) is 7.05 Å². The van der Waals surface area contributed by atoms with Gasteiger partial charge in [0.25, 0.3) is 0 Å². The lowest BCUT2D eigenvalue weighted by Crippen LogP contribution is -2.19. The highest BCUT2D eigenvalue weighted by atomic mass is 19.1. The largest absolute Gasteiger partial charge is 0.493 e. The van der Waals surface area contributed by atoms with Crippen molar-refractivity contribution in [2.24, 2.45) is 12.8 Å². The van der Waals surface area contributed by atoms with E-state index < -0.39 is 11.9 Å². The van der Waals surface area contributed by atoms with Crippen molar-refractivity contribution in [3.05, 3.63) is 41.7 Å². The molecule has 0 aliphatic carbocycles. The van der Waals surface area contributed by atoms with Crippen molar-refractivity contribution in [1.29, 1.82) is 0 Å². The lowest BCUT2D eigenvalue weighted by molar-refractivity contribution is 0.404. The van der Waals surface area contributed by atoms with Gasteiger partial charge in [0.15, 0.2) is 5.75 Å². The molecule has 0 amide bonds. The summed E-state index contributed by atoms with van der Waals surface area (Å²) in [6.07, 6.45) is 3.04. The molecule has 2 N–H and O–H groups in total. The molecule has 1 atom stereocenters. The molecule has 0 saturated heterocycles. The van der Waals surface area contributed by atoms with E-state index >= 15 is 0 Å².